The fraction of sp³-hybridized carbons (Fsp3) is 0.615. The Hall–Kier alpha value is -4.85. The quantitative estimate of drug-likeness (QED) is 0.0358. The number of alkyl halides is 1. The van der Waals surface area contributed by atoms with Gasteiger partial charge in [-0.05, 0) is 105 Å². The molecule has 9 N–H and O–H groups in total. The maximum atomic E-state index is 17.5. The fourth-order valence-electron chi connectivity index (χ4n) is 11.9. The number of allylic oxidation sites excluding steroid dienone is 4. The number of fused-ring (bicyclic) bond motifs is 6. The number of anilines is 3. The van der Waals surface area contributed by atoms with Crippen LogP contribution >= 0.6 is 23.5 Å². The van der Waals surface area contributed by atoms with Gasteiger partial charge in [-0.2, -0.15) is 33.5 Å². The average molecular weight is 1020 g/mol. The highest BCUT2D eigenvalue weighted by molar-refractivity contribution is 7.99. The van der Waals surface area contributed by atoms with Gasteiger partial charge in [0.2, 0.25) is 5.95 Å². The molecule has 1 aromatic carbocycles. The topological polar surface area (TPSA) is 260 Å². The monoisotopic (exact) mass is 1020 g/mol. The maximum Gasteiger partial charge on any atom is 0.326 e. The molecule has 2 heterocycles. The molecule has 1 unspecified atom stereocenters. The molecule has 71 heavy (non-hydrogen) atoms. The van der Waals surface area contributed by atoms with E-state index in [1.54, 1.807) is 67.0 Å². The molecule has 2 amide bonds. The molecule has 9 atom stereocenters. The van der Waals surface area contributed by atoms with Crippen LogP contribution in [0.2, 0.25) is 0 Å². The number of unbranched alkanes of at least 4 members (excludes halogenated alkanes) is 7. The molecule has 3 aromatic rings. The lowest BCUT2D eigenvalue weighted by atomic mass is 9.45. The number of thioether (sulfide) groups is 2. The van der Waals surface area contributed by atoms with Gasteiger partial charge >= 0.3 is 5.97 Å². The molecule has 0 saturated heterocycles. The van der Waals surface area contributed by atoms with Gasteiger partial charge in [0.25, 0.3) is 11.8 Å². The van der Waals surface area contributed by atoms with Crippen LogP contribution < -0.4 is 27.0 Å². The van der Waals surface area contributed by atoms with Crippen molar-refractivity contribution in [3.8, 4) is 0 Å². The summed E-state index contributed by atoms with van der Waals surface area (Å²) in [6.45, 7) is 6.32. The molecule has 4 aliphatic carbocycles. The number of ketones is 1. The van der Waals surface area contributed by atoms with Crippen molar-refractivity contribution >= 4 is 75.7 Å². The minimum absolute atomic E-state index is 0.0257. The van der Waals surface area contributed by atoms with Gasteiger partial charge < -0.3 is 42.3 Å². The number of hydrogen-bond donors (Lipinski definition) is 7. The van der Waals surface area contributed by atoms with Gasteiger partial charge in [0.1, 0.15) is 6.04 Å². The van der Waals surface area contributed by atoms with E-state index in [0.29, 0.717) is 66.1 Å². The highest BCUT2D eigenvalue weighted by Gasteiger charge is 2.75. The number of benzene rings is 1. The number of aliphatic hydroxyl groups excluding tert-OH is 1. The van der Waals surface area contributed by atoms with Gasteiger partial charge in [-0.15, -0.1) is 0 Å². The second-order valence-electron chi connectivity index (χ2n) is 20.5. The smallest absolute Gasteiger partial charge is 0.326 e. The van der Waals surface area contributed by atoms with Crippen molar-refractivity contribution < 1.29 is 38.9 Å². The van der Waals surface area contributed by atoms with E-state index >= 15 is 4.39 Å². The van der Waals surface area contributed by atoms with E-state index in [2.05, 4.69) is 30.6 Å². The summed E-state index contributed by atoms with van der Waals surface area (Å²) < 4.78 is 17.5. The van der Waals surface area contributed by atoms with Gasteiger partial charge in [-0.3, -0.25) is 14.4 Å². The average Bonchev–Trinajstić information content (AvgIpc) is 3.53. The van der Waals surface area contributed by atoms with E-state index in [-0.39, 0.29) is 36.3 Å². The van der Waals surface area contributed by atoms with Crippen LogP contribution in [-0.2, 0) is 20.9 Å². The summed E-state index contributed by atoms with van der Waals surface area (Å²) in [7, 11) is 1.87. The Labute approximate surface area is 424 Å². The largest absolute Gasteiger partial charge is 0.480 e. The first-order chi connectivity index (χ1) is 33.8. The lowest BCUT2D eigenvalue weighted by Crippen LogP contribution is -2.69. The number of carboxylic acid groups (broad SMARTS) is 1. The minimum atomic E-state index is -2.00. The number of carbonyl (C=O) groups excluding carboxylic acids is 3. The van der Waals surface area contributed by atoms with Crippen LogP contribution in [0.3, 0.4) is 0 Å². The van der Waals surface area contributed by atoms with Crippen molar-refractivity contribution in [1.29, 1.82) is 0 Å². The molecule has 16 nitrogen and oxygen atoms in total. The lowest BCUT2D eigenvalue weighted by molar-refractivity contribution is -0.215. The van der Waals surface area contributed by atoms with Crippen molar-refractivity contribution in [2.75, 3.05) is 53.0 Å². The number of carbonyl (C=O) groups is 4. The van der Waals surface area contributed by atoms with Gasteiger partial charge in [0.05, 0.1) is 24.5 Å². The Morgan fingerprint density at radius 1 is 0.944 bits per heavy atom. The zero-order valence-electron chi connectivity index (χ0n) is 41.5. The standard InChI is InChI=1S/C52H72FN9O7S2/c1-32-27-39-38-18-15-34-28-37(63)19-21-49(34,2)51(38,53)41(64)29-50(39,3)52(32,69)47(68)56-22-26-71-24-12-10-8-6-5-7-9-11-23-70-25-20-40(46(66)67)59-45(65)33-13-16-36(17-14-33)62(4)31-35-30-57-44-42(58-35)43(54)60-48(55)61-44/h13-17,19,21,30,32,38-41,64,69H,5-12,18,20,22-29,31H2,1-4H3,(H,56,68)(H,59,65)(H,66,67)(H4,54,55,57,60,61)/t32-,38?,39+,40+,41+,49+,50+,51+,52+/m1/s1. The number of aliphatic carboxylic acids is 1. The van der Waals surface area contributed by atoms with Crippen LogP contribution in [0.4, 0.5) is 21.8 Å². The number of nitrogens with zero attached hydrogens (tertiary/aromatic N) is 5. The number of halogens is 1. The van der Waals surface area contributed by atoms with Crippen LogP contribution in [-0.4, -0.2) is 119 Å². The predicted molar refractivity (Wildman–Crippen MR) is 278 cm³/mol. The molecule has 7 rings (SSSR count). The SMILES string of the molecule is C[C@@H]1C[C@H]2C3CC=C4CC(=O)C=C[C@]4(C)[C@@]3(F)[C@@H](O)C[C@]2(C)[C@@]1(O)C(=O)NCCSCCCCCCCCCCSCC[C@H](NC(=O)c1ccc(N(C)Cc2cnc3nc(N)nc(N)c3n2)cc1)C(=O)O. The third-order valence-electron chi connectivity index (χ3n) is 16.0. The second kappa shape index (κ2) is 22.9. The Morgan fingerprint density at radius 2 is 1.61 bits per heavy atom. The Bertz CT molecular complexity index is 2480. The van der Waals surface area contributed by atoms with E-state index in [4.69, 9.17) is 11.5 Å². The summed E-state index contributed by atoms with van der Waals surface area (Å²) in [6.07, 6.45) is 15.6. The Morgan fingerprint density at radius 3 is 2.28 bits per heavy atom. The highest BCUT2D eigenvalue weighted by Crippen LogP contribution is 2.70. The summed E-state index contributed by atoms with van der Waals surface area (Å²) in [6, 6.07) is 5.91. The third kappa shape index (κ3) is 11.2. The Kier molecular flexibility index (Phi) is 17.4. The maximum absolute atomic E-state index is 17.5. The van der Waals surface area contributed by atoms with Crippen molar-refractivity contribution in [2.45, 2.75) is 134 Å². The van der Waals surface area contributed by atoms with Crippen molar-refractivity contribution in [1.82, 2.24) is 30.6 Å². The molecule has 2 saturated carbocycles. The molecule has 0 radical (unpaired) electrons. The van der Waals surface area contributed by atoms with Crippen LogP contribution in [0, 0.1) is 28.6 Å². The number of hydrogen-bond acceptors (Lipinski definition) is 15. The first kappa shape index (κ1) is 53.9. The van der Waals surface area contributed by atoms with E-state index in [1.807, 2.05) is 31.9 Å². The normalized spacial score (nSPS) is 28.1. The van der Waals surface area contributed by atoms with E-state index in [9.17, 15) is 34.5 Å². The lowest BCUT2D eigenvalue weighted by Gasteiger charge is -2.61. The highest BCUT2D eigenvalue weighted by atomic mass is 32.2. The van der Waals surface area contributed by atoms with Crippen LogP contribution in [0.1, 0.15) is 120 Å². The number of amides is 2. The molecule has 0 aliphatic heterocycles. The second-order valence-corrected chi connectivity index (χ2v) is 23.0. The van der Waals surface area contributed by atoms with Crippen LogP contribution in [0.15, 0.2) is 54.3 Å². The van der Waals surface area contributed by atoms with E-state index in [1.165, 1.54) is 25.3 Å². The number of aliphatic hydroxyl groups is 2. The van der Waals surface area contributed by atoms with Gasteiger partial charge in [-0.25, -0.2) is 19.2 Å². The number of carboxylic acids is 1. The first-order valence-electron chi connectivity index (χ1n) is 25.2. The van der Waals surface area contributed by atoms with Crippen molar-refractivity contribution in [3.63, 3.8) is 0 Å². The number of aromatic nitrogens is 4. The van der Waals surface area contributed by atoms with Crippen LogP contribution in [0.5, 0.6) is 0 Å². The van der Waals surface area contributed by atoms with Gasteiger partial charge in [-0.1, -0.05) is 70.1 Å². The Balaban J connectivity index is 0.706. The van der Waals surface area contributed by atoms with E-state index < -0.39 is 63.9 Å². The number of nitrogen functional groups attached to an aromatic ring is 2. The zero-order chi connectivity index (χ0) is 51.1. The zero-order valence-corrected chi connectivity index (χ0v) is 43.1. The summed E-state index contributed by atoms with van der Waals surface area (Å²) >= 11 is 3.49. The molecule has 2 aromatic heterocycles. The summed E-state index contributed by atoms with van der Waals surface area (Å²) in [4.78, 5) is 69.8. The summed E-state index contributed by atoms with van der Waals surface area (Å²) in [5, 5.41) is 39.3. The predicted octanol–water partition coefficient (Wildman–Crippen LogP) is 6.85. The number of nitrogens with one attached hydrogen (secondary N) is 2. The first-order valence-corrected chi connectivity index (χ1v) is 27.5. The van der Waals surface area contributed by atoms with Crippen molar-refractivity contribution in [2.24, 2.45) is 28.6 Å². The third-order valence-corrected chi connectivity index (χ3v) is 18.2. The molecule has 0 bridgehead atoms. The molecule has 0 spiro atoms. The summed E-state index contributed by atoms with van der Waals surface area (Å²) in [5.41, 5.74) is 8.96. The molecule has 19 heteroatoms. The molecular formula is C52H72FN9O7S2. The molecule has 4 aliphatic rings. The van der Waals surface area contributed by atoms with Crippen molar-refractivity contribution in [3.05, 3.63) is 65.5 Å². The van der Waals surface area contributed by atoms with Crippen LogP contribution in [0.25, 0.3) is 11.2 Å². The molecular weight excluding hydrogens is 946 g/mol. The fourth-order valence-corrected chi connectivity index (χ4v) is 13.8. The minimum Gasteiger partial charge on any atom is -0.480 e. The number of rotatable bonds is 24. The van der Waals surface area contributed by atoms with Gasteiger partial charge in [0, 0.05) is 53.8 Å². The van der Waals surface area contributed by atoms with E-state index in [0.717, 1.165) is 55.1 Å². The van der Waals surface area contributed by atoms with Gasteiger partial charge in [0.15, 0.2) is 34.0 Å². The molecule has 386 valence electrons. The summed E-state index contributed by atoms with van der Waals surface area (Å²) in [5.74, 6) is 0.140. The number of nitrogens with two attached hydrogens (primary N) is 2. The molecule has 2 fully saturated rings.